The first-order valence-electron chi connectivity index (χ1n) is 7.76. The van der Waals surface area contributed by atoms with Gasteiger partial charge in [-0.15, -0.1) is 0 Å². The van der Waals surface area contributed by atoms with Gasteiger partial charge in [0.05, 0.1) is 0 Å². The van der Waals surface area contributed by atoms with Crippen molar-refractivity contribution >= 4 is 12.0 Å². The van der Waals surface area contributed by atoms with Crippen LogP contribution in [0.15, 0.2) is 18.3 Å². The summed E-state index contributed by atoms with van der Waals surface area (Å²) in [7, 11) is 0. The zero-order valence-electron chi connectivity index (χ0n) is 13.4. The second kappa shape index (κ2) is 6.85. The molecule has 1 aliphatic rings. The number of carbonyl (C=O) groups is 2. The van der Waals surface area contributed by atoms with Crippen molar-refractivity contribution in [3.63, 3.8) is 0 Å². The summed E-state index contributed by atoms with van der Waals surface area (Å²) in [4.78, 5) is 26.7. The number of alkyl carbamates (subject to hydrolysis) is 1. The van der Waals surface area contributed by atoms with E-state index in [-0.39, 0.29) is 17.9 Å². The minimum absolute atomic E-state index is 0.0886. The highest BCUT2D eigenvalue weighted by atomic mass is 16.6. The first-order chi connectivity index (χ1) is 10.3. The topological polar surface area (TPSA) is 83.2 Å². The molecule has 1 saturated carbocycles. The molecule has 0 bridgehead atoms. The molecule has 0 unspecified atom stereocenters. The van der Waals surface area contributed by atoms with E-state index in [2.05, 4.69) is 15.6 Å². The maximum atomic E-state index is 12.1. The first-order valence-corrected chi connectivity index (χ1v) is 7.76. The number of aromatic amines is 1. The lowest BCUT2D eigenvalue weighted by Gasteiger charge is -2.23. The summed E-state index contributed by atoms with van der Waals surface area (Å²) in [5.74, 6) is 0.144. The molecule has 3 N–H and O–H groups in total. The molecule has 22 heavy (non-hydrogen) atoms. The Balaban J connectivity index is 1.81. The Morgan fingerprint density at radius 3 is 2.77 bits per heavy atom. The Labute approximate surface area is 131 Å². The van der Waals surface area contributed by atoms with E-state index < -0.39 is 11.7 Å². The molecule has 6 nitrogen and oxygen atoms in total. The quantitative estimate of drug-likeness (QED) is 0.799. The molecule has 1 aliphatic carbocycles. The molecular weight excluding hydrogens is 282 g/mol. The van der Waals surface area contributed by atoms with Crippen LogP contribution in [-0.2, 0) is 4.74 Å². The monoisotopic (exact) mass is 307 g/mol. The fourth-order valence-electron chi connectivity index (χ4n) is 2.72. The van der Waals surface area contributed by atoms with E-state index in [1.165, 1.54) is 0 Å². The van der Waals surface area contributed by atoms with Gasteiger partial charge in [-0.05, 0) is 51.7 Å². The van der Waals surface area contributed by atoms with Crippen molar-refractivity contribution in [1.29, 1.82) is 0 Å². The molecule has 1 fully saturated rings. The molecule has 2 rings (SSSR count). The minimum Gasteiger partial charge on any atom is -0.444 e. The summed E-state index contributed by atoms with van der Waals surface area (Å²) in [5.41, 5.74) is 0.0619. The predicted molar refractivity (Wildman–Crippen MR) is 83.6 cm³/mol. The number of rotatable bonds is 4. The number of ether oxygens (including phenoxy) is 1. The average molecular weight is 307 g/mol. The molecule has 2 amide bonds. The Kier molecular flexibility index (Phi) is 5.11. The number of carbonyl (C=O) groups excluding carboxylic acids is 2. The fraction of sp³-hybridized carbons (Fsp3) is 0.625. The molecular formula is C16H25N3O3. The van der Waals surface area contributed by atoms with Gasteiger partial charge in [0.2, 0.25) is 0 Å². The van der Waals surface area contributed by atoms with Crippen molar-refractivity contribution < 1.29 is 14.3 Å². The van der Waals surface area contributed by atoms with E-state index in [9.17, 15) is 9.59 Å². The lowest BCUT2D eigenvalue weighted by Crippen LogP contribution is -2.43. The normalized spacial score (nSPS) is 21.4. The van der Waals surface area contributed by atoms with Crippen molar-refractivity contribution in [1.82, 2.24) is 15.6 Å². The summed E-state index contributed by atoms with van der Waals surface area (Å²) in [6, 6.07) is 3.63. The van der Waals surface area contributed by atoms with Crippen molar-refractivity contribution in [3.05, 3.63) is 24.0 Å². The van der Waals surface area contributed by atoms with Gasteiger partial charge in [-0.3, -0.25) is 4.79 Å². The smallest absolute Gasteiger partial charge is 0.407 e. The number of hydrogen-bond acceptors (Lipinski definition) is 3. The second-order valence-electron chi connectivity index (χ2n) is 6.74. The Morgan fingerprint density at radius 1 is 1.36 bits per heavy atom. The fourth-order valence-corrected chi connectivity index (χ4v) is 2.72. The number of nitrogens with one attached hydrogen (secondary N) is 3. The summed E-state index contributed by atoms with van der Waals surface area (Å²) in [6.07, 6.45) is 4.30. The van der Waals surface area contributed by atoms with Crippen LogP contribution in [0.2, 0.25) is 0 Å². The molecule has 1 aromatic heterocycles. The van der Waals surface area contributed by atoms with Crippen LogP contribution in [0.3, 0.4) is 0 Å². The average Bonchev–Trinajstić information content (AvgIpc) is 3.05. The number of amides is 2. The summed E-state index contributed by atoms with van der Waals surface area (Å²) in [5, 5.41) is 5.84. The van der Waals surface area contributed by atoms with Crippen LogP contribution in [0.4, 0.5) is 4.79 Å². The molecule has 0 radical (unpaired) electrons. The summed E-state index contributed by atoms with van der Waals surface area (Å²) < 4.78 is 5.23. The highest BCUT2D eigenvalue weighted by Gasteiger charge is 2.29. The molecule has 0 spiro atoms. The maximum absolute atomic E-state index is 12.1. The Hall–Kier alpha value is -1.98. The van der Waals surface area contributed by atoms with Crippen molar-refractivity contribution in [2.24, 2.45) is 5.92 Å². The number of hydrogen-bond donors (Lipinski definition) is 3. The SMILES string of the molecule is CC(C)(C)OC(=O)NC[C@@H]1CCC[C@H]1NC(=O)c1ccc[nH]1. The van der Waals surface area contributed by atoms with Gasteiger partial charge in [0, 0.05) is 18.8 Å². The lowest BCUT2D eigenvalue weighted by molar-refractivity contribution is 0.0517. The molecule has 1 heterocycles. The van der Waals surface area contributed by atoms with Crippen LogP contribution in [-0.4, -0.2) is 35.2 Å². The van der Waals surface area contributed by atoms with Gasteiger partial charge in [-0.25, -0.2) is 4.79 Å². The van der Waals surface area contributed by atoms with Crippen molar-refractivity contribution in [2.45, 2.75) is 51.7 Å². The van der Waals surface area contributed by atoms with Gasteiger partial charge in [0.25, 0.3) is 5.91 Å². The third-order valence-electron chi connectivity index (χ3n) is 3.73. The van der Waals surface area contributed by atoms with Gasteiger partial charge < -0.3 is 20.4 Å². The van der Waals surface area contributed by atoms with Gasteiger partial charge in [0.15, 0.2) is 0 Å². The molecule has 0 aliphatic heterocycles. The highest BCUT2D eigenvalue weighted by Crippen LogP contribution is 2.25. The van der Waals surface area contributed by atoms with E-state index in [4.69, 9.17) is 4.74 Å². The van der Waals surface area contributed by atoms with E-state index in [0.717, 1.165) is 19.3 Å². The molecule has 122 valence electrons. The highest BCUT2D eigenvalue weighted by molar-refractivity contribution is 5.92. The molecule has 0 saturated heterocycles. The zero-order chi connectivity index (χ0) is 16.2. The number of aromatic nitrogens is 1. The third kappa shape index (κ3) is 4.79. The van der Waals surface area contributed by atoms with Crippen LogP contribution in [0, 0.1) is 5.92 Å². The molecule has 1 aromatic rings. The summed E-state index contributed by atoms with van der Waals surface area (Å²) >= 11 is 0. The van der Waals surface area contributed by atoms with Gasteiger partial charge >= 0.3 is 6.09 Å². The van der Waals surface area contributed by atoms with Crippen LogP contribution in [0.5, 0.6) is 0 Å². The Bertz CT molecular complexity index is 505. The maximum Gasteiger partial charge on any atom is 0.407 e. The molecule has 2 atom stereocenters. The van der Waals surface area contributed by atoms with Gasteiger partial charge in [-0.2, -0.15) is 0 Å². The third-order valence-corrected chi connectivity index (χ3v) is 3.73. The van der Waals surface area contributed by atoms with Crippen LogP contribution < -0.4 is 10.6 Å². The predicted octanol–water partition coefficient (Wildman–Crippen LogP) is 2.44. The lowest BCUT2D eigenvalue weighted by atomic mass is 10.0. The largest absolute Gasteiger partial charge is 0.444 e. The van der Waals surface area contributed by atoms with E-state index >= 15 is 0 Å². The van der Waals surface area contributed by atoms with Crippen LogP contribution in [0.25, 0.3) is 0 Å². The first kappa shape index (κ1) is 16.4. The number of H-pyrrole nitrogens is 1. The van der Waals surface area contributed by atoms with E-state index in [1.807, 2.05) is 20.8 Å². The zero-order valence-corrected chi connectivity index (χ0v) is 13.4. The molecule has 0 aromatic carbocycles. The van der Waals surface area contributed by atoms with Crippen molar-refractivity contribution in [3.8, 4) is 0 Å². The molecule has 6 heteroatoms. The van der Waals surface area contributed by atoms with Crippen LogP contribution >= 0.6 is 0 Å². The summed E-state index contributed by atoms with van der Waals surface area (Å²) in [6.45, 7) is 6.02. The van der Waals surface area contributed by atoms with E-state index in [1.54, 1.807) is 18.3 Å². The van der Waals surface area contributed by atoms with Gasteiger partial charge in [0.1, 0.15) is 11.3 Å². The standard InChI is InChI=1S/C16H25N3O3/c1-16(2,3)22-15(21)18-10-11-6-4-7-12(11)19-14(20)13-8-5-9-17-13/h5,8-9,11-12,17H,4,6-7,10H2,1-3H3,(H,18,21)(H,19,20)/t11-,12+/m0/s1. The Morgan fingerprint density at radius 2 is 2.14 bits per heavy atom. The van der Waals surface area contributed by atoms with Crippen molar-refractivity contribution in [2.75, 3.05) is 6.54 Å². The second-order valence-corrected chi connectivity index (χ2v) is 6.74. The van der Waals surface area contributed by atoms with Crippen LogP contribution in [0.1, 0.15) is 50.5 Å². The van der Waals surface area contributed by atoms with Gasteiger partial charge in [-0.1, -0.05) is 6.42 Å². The van der Waals surface area contributed by atoms with E-state index in [0.29, 0.717) is 12.2 Å². The minimum atomic E-state index is -0.499.